The van der Waals surface area contributed by atoms with Crippen LogP contribution in [0.3, 0.4) is 0 Å². The van der Waals surface area contributed by atoms with E-state index in [1.54, 1.807) is 0 Å². The van der Waals surface area contributed by atoms with Gasteiger partial charge in [0, 0.05) is 6.92 Å². The average molecular weight is 452 g/mol. The van der Waals surface area contributed by atoms with E-state index in [2.05, 4.69) is 29.5 Å². The highest BCUT2D eigenvalue weighted by Crippen LogP contribution is 2.16. The zero-order valence-electron chi connectivity index (χ0n) is 16.3. The van der Waals surface area contributed by atoms with Gasteiger partial charge in [-0.2, -0.15) is 0 Å². The number of carbonyl (C=O) groups excluding carboxylic acids is 1. The van der Waals surface area contributed by atoms with Crippen molar-refractivity contribution in [3.8, 4) is 0 Å². The summed E-state index contributed by atoms with van der Waals surface area (Å²) >= 11 is 2.21. The topological polar surface area (TPSA) is 26.3 Å². The quantitative estimate of drug-likeness (QED) is 0.0913. The molecule has 0 rings (SSSR count). The van der Waals surface area contributed by atoms with Crippen LogP contribution in [0.15, 0.2) is 0 Å². The molecular formula is C21H41IO2. The van der Waals surface area contributed by atoms with Crippen LogP contribution in [0.2, 0.25) is 0 Å². The molecular weight excluding hydrogens is 411 g/mol. The molecule has 0 amide bonds. The molecule has 0 fully saturated rings. The van der Waals surface area contributed by atoms with Crippen LogP contribution in [0, 0.1) is 0 Å². The van der Waals surface area contributed by atoms with Gasteiger partial charge in [-0.1, -0.05) is 103 Å². The minimum absolute atomic E-state index is 0.0618. The lowest BCUT2D eigenvalue weighted by atomic mass is 10.0. The Balaban J connectivity index is 3.06. The maximum Gasteiger partial charge on any atom is 0.303 e. The van der Waals surface area contributed by atoms with Gasteiger partial charge in [0.1, 0.15) is 0 Å². The van der Waals surface area contributed by atoms with Crippen molar-refractivity contribution in [2.45, 2.75) is 127 Å². The normalized spacial score (nSPS) is 12.3. The summed E-state index contributed by atoms with van der Waals surface area (Å²) in [5, 5.41) is 0. The third-order valence-electron chi connectivity index (χ3n) is 4.58. The van der Waals surface area contributed by atoms with E-state index in [9.17, 15) is 4.79 Å². The van der Waals surface area contributed by atoms with Gasteiger partial charge in [0.15, 0.2) is 4.11 Å². The highest BCUT2D eigenvalue weighted by Gasteiger charge is 2.05. The molecule has 0 radical (unpaired) electrons. The second-order valence-corrected chi connectivity index (χ2v) is 8.50. The molecule has 0 saturated carbocycles. The zero-order valence-corrected chi connectivity index (χ0v) is 18.5. The molecule has 1 atom stereocenters. The standard InChI is InChI=1S/C21H41IO2/c1-3-4-5-6-7-8-9-10-11-12-13-14-15-16-17-18-19-21(22)24-20(2)23/h21H,3-19H2,1-2H3. The molecule has 144 valence electrons. The lowest BCUT2D eigenvalue weighted by molar-refractivity contribution is -0.141. The Morgan fingerprint density at radius 1 is 0.708 bits per heavy atom. The Hall–Kier alpha value is 0.200. The first kappa shape index (κ1) is 24.2. The fourth-order valence-electron chi connectivity index (χ4n) is 3.09. The van der Waals surface area contributed by atoms with E-state index in [0.717, 1.165) is 6.42 Å². The van der Waals surface area contributed by atoms with Gasteiger partial charge in [-0.15, -0.1) is 0 Å². The van der Waals surface area contributed by atoms with Crippen molar-refractivity contribution in [3.05, 3.63) is 0 Å². The van der Waals surface area contributed by atoms with Crippen molar-refractivity contribution < 1.29 is 9.53 Å². The summed E-state index contributed by atoms with van der Waals surface area (Å²) < 4.78 is 5.18. The van der Waals surface area contributed by atoms with Crippen LogP contribution in [0.4, 0.5) is 0 Å². The van der Waals surface area contributed by atoms with E-state index in [-0.39, 0.29) is 10.1 Å². The minimum atomic E-state index is -0.161. The maximum absolute atomic E-state index is 10.8. The Morgan fingerprint density at radius 3 is 1.38 bits per heavy atom. The minimum Gasteiger partial charge on any atom is -0.452 e. The summed E-state index contributed by atoms with van der Waals surface area (Å²) in [5.74, 6) is -0.161. The Bertz CT molecular complexity index is 269. The number of carbonyl (C=O) groups is 1. The Kier molecular flexibility index (Phi) is 19.7. The SMILES string of the molecule is CCCCCCCCCCCCCCCCCCC(I)OC(C)=O. The van der Waals surface area contributed by atoms with E-state index < -0.39 is 0 Å². The summed E-state index contributed by atoms with van der Waals surface area (Å²) in [5.41, 5.74) is 0. The first-order valence-electron chi connectivity index (χ1n) is 10.5. The molecule has 0 heterocycles. The fourth-order valence-corrected chi connectivity index (χ4v) is 3.89. The first-order chi connectivity index (χ1) is 11.7. The molecule has 0 bridgehead atoms. The van der Waals surface area contributed by atoms with E-state index in [0.29, 0.717) is 0 Å². The van der Waals surface area contributed by atoms with Crippen LogP contribution in [-0.2, 0) is 9.53 Å². The van der Waals surface area contributed by atoms with Gasteiger partial charge in [-0.05, 0) is 35.4 Å². The largest absolute Gasteiger partial charge is 0.452 e. The Morgan fingerprint density at radius 2 is 1.04 bits per heavy atom. The second kappa shape index (κ2) is 19.5. The van der Waals surface area contributed by atoms with E-state index in [4.69, 9.17) is 4.74 Å². The van der Waals surface area contributed by atoms with Crippen molar-refractivity contribution in [3.63, 3.8) is 0 Å². The molecule has 0 spiro atoms. The molecule has 3 heteroatoms. The van der Waals surface area contributed by atoms with Gasteiger partial charge < -0.3 is 4.74 Å². The third-order valence-corrected chi connectivity index (χ3v) is 5.46. The predicted molar refractivity (Wildman–Crippen MR) is 114 cm³/mol. The molecule has 24 heavy (non-hydrogen) atoms. The molecule has 0 saturated heterocycles. The summed E-state index contributed by atoms with van der Waals surface area (Å²) in [7, 11) is 0. The van der Waals surface area contributed by atoms with Gasteiger partial charge in [0.05, 0.1) is 0 Å². The number of rotatable bonds is 18. The zero-order chi connectivity index (χ0) is 17.9. The predicted octanol–water partition coefficient (Wildman–Crippen LogP) is 7.96. The molecule has 0 aliphatic heterocycles. The van der Waals surface area contributed by atoms with Crippen LogP contribution in [0.1, 0.15) is 123 Å². The molecule has 2 nitrogen and oxygen atoms in total. The second-order valence-electron chi connectivity index (χ2n) is 7.11. The van der Waals surface area contributed by atoms with E-state index in [1.807, 2.05) is 0 Å². The Labute approximate surface area is 165 Å². The van der Waals surface area contributed by atoms with Gasteiger partial charge in [-0.25, -0.2) is 0 Å². The number of unbranched alkanes of at least 4 members (excludes halogenated alkanes) is 15. The highest BCUT2D eigenvalue weighted by atomic mass is 127. The maximum atomic E-state index is 10.8. The number of halogens is 1. The average Bonchev–Trinajstić information content (AvgIpc) is 2.53. The van der Waals surface area contributed by atoms with Gasteiger partial charge in [-0.3, -0.25) is 4.79 Å². The molecule has 1 unspecified atom stereocenters. The molecule has 0 aromatic rings. The lowest BCUT2D eigenvalue weighted by Crippen LogP contribution is -2.08. The van der Waals surface area contributed by atoms with Crippen molar-refractivity contribution in [1.82, 2.24) is 0 Å². The summed E-state index contributed by atoms with van der Waals surface area (Å²) in [6, 6.07) is 0. The van der Waals surface area contributed by atoms with Crippen LogP contribution in [0.25, 0.3) is 0 Å². The highest BCUT2D eigenvalue weighted by molar-refractivity contribution is 14.1. The number of hydrogen-bond acceptors (Lipinski definition) is 2. The molecule has 0 aliphatic rings. The number of esters is 1. The van der Waals surface area contributed by atoms with Crippen molar-refractivity contribution >= 4 is 28.6 Å². The van der Waals surface area contributed by atoms with Crippen LogP contribution in [0.5, 0.6) is 0 Å². The van der Waals surface area contributed by atoms with Crippen LogP contribution < -0.4 is 0 Å². The first-order valence-corrected chi connectivity index (χ1v) is 11.7. The van der Waals surface area contributed by atoms with Gasteiger partial charge >= 0.3 is 5.97 Å². The van der Waals surface area contributed by atoms with E-state index >= 15 is 0 Å². The fraction of sp³-hybridized carbons (Fsp3) is 0.952. The molecule has 0 N–H and O–H groups in total. The number of hydrogen-bond donors (Lipinski definition) is 0. The van der Waals surface area contributed by atoms with Crippen LogP contribution >= 0.6 is 22.6 Å². The molecule has 0 aliphatic carbocycles. The third kappa shape index (κ3) is 20.2. The lowest BCUT2D eigenvalue weighted by Gasteiger charge is -2.09. The van der Waals surface area contributed by atoms with Crippen LogP contribution in [-0.4, -0.2) is 10.1 Å². The number of ether oxygens (including phenoxy) is 1. The van der Waals surface area contributed by atoms with Crippen molar-refractivity contribution in [2.24, 2.45) is 0 Å². The summed E-state index contributed by atoms with van der Waals surface area (Å²) in [6.07, 6.45) is 23.3. The van der Waals surface area contributed by atoms with Crippen molar-refractivity contribution in [1.29, 1.82) is 0 Å². The summed E-state index contributed by atoms with van der Waals surface area (Å²) in [4.78, 5) is 10.8. The summed E-state index contributed by atoms with van der Waals surface area (Å²) in [6.45, 7) is 3.77. The smallest absolute Gasteiger partial charge is 0.303 e. The van der Waals surface area contributed by atoms with Gasteiger partial charge in [0.25, 0.3) is 0 Å². The molecule has 0 aromatic heterocycles. The molecule has 0 aromatic carbocycles. The van der Waals surface area contributed by atoms with E-state index in [1.165, 1.54) is 110 Å². The monoisotopic (exact) mass is 452 g/mol. The number of alkyl halides is 1. The van der Waals surface area contributed by atoms with Gasteiger partial charge in [0.2, 0.25) is 0 Å². The van der Waals surface area contributed by atoms with Crippen molar-refractivity contribution in [2.75, 3.05) is 0 Å².